The normalized spacial score (nSPS) is 25.9. The fraction of sp³-hybridized carbons (Fsp3) is 0.519. The first-order chi connectivity index (χ1) is 14.7. The standard InChI is InChI=1S/C27H34N2O/c1-21-10-6-7-13-23(21)24-20-28-25(30)26(24)16-18-29(19-17-26)27(14-8-3-9-15-27)22-11-4-2-5-12-22/h2,4-7,10-13,24H,3,8-9,14-20H2,1H3,(H,28,30). The van der Waals surface area contributed by atoms with Crippen molar-refractivity contribution < 1.29 is 4.79 Å². The molecule has 3 nitrogen and oxygen atoms in total. The van der Waals surface area contributed by atoms with E-state index in [2.05, 4.69) is 71.7 Å². The number of carbonyl (C=O) groups excluding carboxylic acids is 1. The zero-order chi connectivity index (χ0) is 20.6. The molecule has 5 rings (SSSR count). The zero-order valence-corrected chi connectivity index (χ0v) is 18.2. The number of nitrogens with one attached hydrogen (secondary N) is 1. The molecular weight excluding hydrogens is 368 g/mol. The van der Waals surface area contributed by atoms with Crippen LogP contribution in [0.25, 0.3) is 0 Å². The molecule has 0 bridgehead atoms. The average molecular weight is 403 g/mol. The minimum Gasteiger partial charge on any atom is -0.355 e. The first-order valence-electron chi connectivity index (χ1n) is 11.8. The molecule has 2 aromatic carbocycles. The maximum absolute atomic E-state index is 13.1. The van der Waals surface area contributed by atoms with Gasteiger partial charge in [-0.25, -0.2) is 0 Å². The number of nitrogens with zero attached hydrogens (tertiary/aromatic N) is 1. The van der Waals surface area contributed by atoms with Gasteiger partial charge >= 0.3 is 0 Å². The van der Waals surface area contributed by atoms with Gasteiger partial charge in [-0.15, -0.1) is 0 Å². The molecule has 1 amide bonds. The van der Waals surface area contributed by atoms with Crippen molar-refractivity contribution in [3.63, 3.8) is 0 Å². The molecule has 2 aliphatic heterocycles. The van der Waals surface area contributed by atoms with Crippen LogP contribution in [-0.2, 0) is 10.3 Å². The number of hydrogen-bond donors (Lipinski definition) is 1. The van der Waals surface area contributed by atoms with Crippen LogP contribution in [0.2, 0.25) is 0 Å². The number of rotatable bonds is 3. The lowest BCUT2D eigenvalue weighted by molar-refractivity contribution is -0.132. The highest BCUT2D eigenvalue weighted by Gasteiger charge is 2.54. The Balaban J connectivity index is 1.43. The number of amides is 1. The number of piperidine rings is 1. The largest absolute Gasteiger partial charge is 0.355 e. The van der Waals surface area contributed by atoms with Gasteiger partial charge < -0.3 is 5.32 Å². The maximum Gasteiger partial charge on any atom is 0.227 e. The first-order valence-corrected chi connectivity index (χ1v) is 11.8. The molecule has 3 fully saturated rings. The molecule has 2 saturated heterocycles. The number of benzene rings is 2. The molecule has 1 N–H and O–H groups in total. The fourth-order valence-corrected chi connectivity index (χ4v) is 6.69. The van der Waals surface area contributed by atoms with Crippen molar-refractivity contribution in [3.05, 3.63) is 71.3 Å². The van der Waals surface area contributed by atoms with E-state index in [4.69, 9.17) is 0 Å². The van der Waals surface area contributed by atoms with Gasteiger partial charge in [0.2, 0.25) is 5.91 Å². The molecule has 0 radical (unpaired) electrons. The molecule has 1 saturated carbocycles. The van der Waals surface area contributed by atoms with E-state index < -0.39 is 0 Å². The molecule has 1 aliphatic carbocycles. The Morgan fingerprint density at radius 2 is 1.53 bits per heavy atom. The topological polar surface area (TPSA) is 32.3 Å². The van der Waals surface area contributed by atoms with Crippen molar-refractivity contribution >= 4 is 5.91 Å². The molecular formula is C27H34N2O. The molecule has 2 aromatic rings. The van der Waals surface area contributed by atoms with Gasteiger partial charge in [0, 0.05) is 31.1 Å². The second-order valence-corrected chi connectivity index (χ2v) is 9.72. The SMILES string of the molecule is Cc1ccccc1C1CNC(=O)C12CCN(C1(c3ccccc3)CCCCC1)CC2. The van der Waals surface area contributed by atoms with Crippen LogP contribution >= 0.6 is 0 Å². The Morgan fingerprint density at radius 1 is 0.867 bits per heavy atom. The summed E-state index contributed by atoms with van der Waals surface area (Å²) in [7, 11) is 0. The fourth-order valence-electron chi connectivity index (χ4n) is 6.69. The summed E-state index contributed by atoms with van der Waals surface area (Å²) in [5.41, 5.74) is 4.07. The van der Waals surface area contributed by atoms with Crippen molar-refractivity contribution in [2.24, 2.45) is 5.41 Å². The average Bonchev–Trinajstić information content (AvgIpc) is 3.11. The number of carbonyl (C=O) groups is 1. The summed E-state index contributed by atoms with van der Waals surface area (Å²) < 4.78 is 0. The molecule has 30 heavy (non-hydrogen) atoms. The quantitative estimate of drug-likeness (QED) is 0.770. The molecule has 2 heterocycles. The monoisotopic (exact) mass is 402 g/mol. The van der Waals surface area contributed by atoms with E-state index in [0.717, 1.165) is 32.5 Å². The molecule has 1 atom stereocenters. The van der Waals surface area contributed by atoms with Gasteiger partial charge in [-0.05, 0) is 49.3 Å². The Morgan fingerprint density at radius 3 is 2.23 bits per heavy atom. The Kier molecular flexibility index (Phi) is 5.18. The van der Waals surface area contributed by atoms with Crippen LogP contribution in [0.3, 0.4) is 0 Å². The van der Waals surface area contributed by atoms with Crippen LogP contribution in [0, 0.1) is 12.3 Å². The Bertz CT molecular complexity index is 892. The molecule has 3 heteroatoms. The summed E-state index contributed by atoms with van der Waals surface area (Å²) in [4.78, 5) is 15.9. The lowest BCUT2D eigenvalue weighted by Gasteiger charge is -2.52. The third-order valence-corrected chi connectivity index (χ3v) is 8.40. The van der Waals surface area contributed by atoms with E-state index in [-0.39, 0.29) is 16.9 Å². The summed E-state index contributed by atoms with van der Waals surface area (Å²) in [6.45, 7) is 5.01. The van der Waals surface area contributed by atoms with Crippen molar-refractivity contribution in [2.45, 2.75) is 63.3 Å². The predicted molar refractivity (Wildman–Crippen MR) is 121 cm³/mol. The summed E-state index contributed by atoms with van der Waals surface area (Å²) in [6, 6.07) is 19.8. The zero-order valence-electron chi connectivity index (χ0n) is 18.2. The highest BCUT2D eigenvalue weighted by molar-refractivity contribution is 5.86. The maximum atomic E-state index is 13.1. The Hall–Kier alpha value is -2.13. The van der Waals surface area contributed by atoms with E-state index in [0.29, 0.717) is 5.92 Å². The van der Waals surface area contributed by atoms with Crippen molar-refractivity contribution in [1.82, 2.24) is 10.2 Å². The van der Waals surface area contributed by atoms with Gasteiger partial charge in [0.25, 0.3) is 0 Å². The second-order valence-electron chi connectivity index (χ2n) is 9.72. The molecule has 1 spiro atoms. The summed E-state index contributed by atoms with van der Waals surface area (Å²) in [5.74, 6) is 0.584. The predicted octanol–water partition coefficient (Wildman–Crippen LogP) is 5.15. The number of hydrogen-bond acceptors (Lipinski definition) is 2. The molecule has 1 unspecified atom stereocenters. The summed E-state index contributed by atoms with van der Waals surface area (Å²) in [6.07, 6.45) is 8.39. The molecule has 3 aliphatic rings. The molecule has 0 aromatic heterocycles. The minimum absolute atomic E-state index is 0.161. The van der Waals surface area contributed by atoms with Crippen molar-refractivity contribution in [2.75, 3.05) is 19.6 Å². The van der Waals surface area contributed by atoms with Crippen LogP contribution in [0.5, 0.6) is 0 Å². The van der Waals surface area contributed by atoms with E-state index >= 15 is 0 Å². The van der Waals surface area contributed by atoms with E-state index in [1.807, 2.05) is 0 Å². The highest BCUT2D eigenvalue weighted by Crippen LogP contribution is 2.51. The van der Waals surface area contributed by atoms with E-state index in [1.165, 1.54) is 48.8 Å². The number of likely N-dealkylation sites (tertiary alicyclic amines) is 1. The highest BCUT2D eigenvalue weighted by atomic mass is 16.2. The van der Waals surface area contributed by atoms with Gasteiger partial charge in [-0.3, -0.25) is 9.69 Å². The van der Waals surface area contributed by atoms with Crippen molar-refractivity contribution in [3.8, 4) is 0 Å². The van der Waals surface area contributed by atoms with Crippen LogP contribution in [0.1, 0.15) is 67.6 Å². The van der Waals surface area contributed by atoms with E-state index in [1.54, 1.807) is 0 Å². The number of aryl methyl sites for hydroxylation is 1. The van der Waals surface area contributed by atoms with Gasteiger partial charge in [0.05, 0.1) is 5.41 Å². The molecule has 158 valence electrons. The third kappa shape index (κ3) is 3.10. The van der Waals surface area contributed by atoms with Crippen molar-refractivity contribution in [1.29, 1.82) is 0 Å². The van der Waals surface area contributed by atoms with Crippen LogP contribution in [0.15, 0.2) is 54.6 Å². The van der Waals surface area contributed by atoms with Gasteiger partial charge in [0.1, 0.15) is 0 Å². The first kappa shape index (κ1) is 19.8. The van der Waals surface area contributed by atoms with E-state index in [9.17, 15) is 4.79 Å². The van der Waals surface area contributed by atoms with Gasteiger partial charge in [0.15, 0.2) is 0 Å². The van der Waals surface area contributed by atoms with Gasteiger partial charge in [-0.1, -0.05) is 73.9 Å². The van der Waals surface area contributed by atoms with Crippen LogP contribution in [0.4, 0.5) is 0 Å². The third-order valence-electron chi connectivity index (χ3n) is 8.40. The van der Waals surface area contributed by atoms with Crippen LogP contribution < -0.4 is 5.32 Å². The summed E-state index contributed by atoms with van der Waals surface area (Å²) >= 11 is 0. The van der Waals surface area contributed by atoms with Gasteiger partial charge in [-0.2, -0.15) is 0 Å². The Labute approximate surface area is 180 Å². The second kappa shape index (κ2) is 7.85. The lowest BCUT2D eigenvalue weighted by Crippen LogP contribution is -2.54. The minimum atomic E-state index is -0.241. The summed E-state index contributed by atoms with van der Waals surface area (Å²) in [5, 5.41) is 3.23. The smallest absolute Gasteiger partial charge is 0.227 e. The van der Waals surface area contributed by atoms with Crippen LogP contribution in [-0.4, -0.2) is 30.4 Å². The lowest BCUT2D eigenvalue weighted by atomic mass is 9.65.